The van der Waals surface area contributed by atoms with Gasteiger partial charge in [-0.25, -0.2) is 0 Å². The Morgan fingerprint density at radius 3 is 0.697 bits per heavy atom. The second-order valence-electron chi connectivity index (χ2n) is 14.8. The fourth-order valence-corrected chi connectivity index (χ4v) is 6.70. The molecule has 0 radical (unpaired) electrons. The van der Waals surface area contributed by atoms with Crippen LogP contribution < -0.4 is 0 Å². The average Bonchev–Trinajstić information content (AvgIpc) is 4.17. The summed E-state index contributed by atoms with van der Waals surface area (Å²) in [5.74, 6) is 1.97. The first kappa shape index (κ1) is 40.4. The molecule has 0 amide bonds. The minimum Gasteiger partial charge on any atom is -0.508 e. The lowest BCUT2D eigenvalue weighted by Crippen LogP contribution is -1.83. The van der Waals surface area contributed by atoms with E-state index >= 15 is 0 Å². The van der Waals surface area contributed by atoms with Gasteiger partial charge in [0.05, 0.1) is 34.1 Å². The highest BCUT2D eigenvalue weighted by atomic mass is 16.5. The summed E-state index contributed by atoms with van der Waals surface area (Å²) < 4.78 is 17.8. The van der Waals surface area contributed by atoms with Crippen LogP contribution in [-0.4, -0.2) is 30.8 Å². The molecule has 0 aliphatic rings. The van der Waals surface area contributed by atoms with Crippen LogP contribution >= 0.6 is 0 Å². The molecule has 0 spiro atoms. The molecule has 15 nitrogen and oxygen atoms in total. The van der Waals surface area contributed by atoms with Crippen LogP contribution in [0.2, 0.25) is 0 Å². The molecule has 0 bridgehead atoms. The Hall–Kier alpha value is -9.63. The van der Waals surface area contributed by atoms with Gasteiger partial charge in [0.2, 0.25) is 0 Å². The van der Waals surface area contributed by atoms with E-state index in [4.69, 9.17) is 13.6 Å². The molecule has 3 heterocycles. The molecular formula is C51H33N9O6. The van der Waals surface area contributed by atoms with Crippen LogP contribution in [0.1, 0.15) is 0 Å². The zero-order valence-electron chi connectivity index (χ0n) is 34.4. The van der Waals surface area contributed by atoms with Crippen LogP contribution in [0.15, 0.2) is 226 Å². The number of aromatic nitrogens is 3. The third-order valence-electron chi connectivity index (χ3n) is 10.2. The second kappa shape index (κ2) is 18.0. The fourth-order valence-electron chi connectivity index (χ4n) is 6.70. The van der Waals surface area contributed by atoms with E-state index in [1.807, 2.05) is 109 Å². The molecule has 15 heteroatoms. The largest absolute Gasteiger partial charge is 0.508 e. The highest BCUT2D eigenvalue weighted by Gasteiger charge is 2.18. The summed E-state index contributed by atoms with van der Waals surface area (Å²) in [6.07, 6.45) is 0. The fraction of sp³-hybridized carbons (Fsp3) is 0. The van der Waals surface area contributed by atoms with E-state index < -0.39 is 0 Å². The van der Waals surface area contributed by atoms with Crippen LogP contribution in [0.3, 0.4) is 0 Å². The first-order chi connectivity index (χ1) is 32.3. The topological polar surface area (TPSA) is 213 Å². The molecule has 0 saturated heterocycles. The monoisotopic (exact) mass is 867 g/mol. The Labute approximate surface area is 375 Å². The quantitative estimate of drug-likeness (QED) is 0.0995. The molecule has 0 unspecified atom stereocenters. The summed E-state index contributed by atoms with van der Waals surface area (Å²) in [5.41, 5.74) is 10.1. The van der Waals surface area contributed by atoms with Crippen molar-refractivity contribution >= 4 is 34.1 Å². The van der Waals surface area contributed by atoms with Gasteiger partial charge in [0.25, 0.3) is 0 Å². The molecule has 0 aliphatic carbocycles. The van der Waals surface area contributed by atoms with Gasteiger partial charge < -0.3 is 28.9 Å². The Kier molecular flexibility index (Phi) is 11.0. The van der Waals surface area contributed by atoms with E-state index in [2.05, 4.69) is 46.2 Å². The maximum Gasteiger partial charge on any atom is 0.167 e. The summed E-state index contributed by atoms with van der Waals surface area (Å²) in [6, 6.07) is 53.1. The van der Waals surface area contributed by atoms with Crippen molar-refractivity contribution in [2.75, 3.05) is 0 Å². The van der Waals surface area contributed by atoms with Gasteiger partial charge in [-0.2, -0.15) is 30.7 Å². The first-order valence-electron chi connectivity index (χ1n) is 20.3. The average molecular weight is 868 g/mol. The van der Waals surface area contributed by atoms with E-state index in [9.17, 15) is 15.3 Å². The van der Waals surface area contributed by atoms with E-state index in [0.29, 0.717) is 85.2 Å². The van der Waals surface area contributed by atoms with Crippen molar-refractivity contribution in [3.05, 3.63) is 182 Å². The van der Waals surface area contributed by atoms with Crippen molar-refractivity contribution in [3.8, 4) is 85.0 Å². The van der Waals surface area contributed by atoms with Gasteiger partial charge in [-0.05, 0) is 127 Å². The maximum atomic E-state index is 9.55. The number of aromatic hydroxyl groups is 3. The lowest BCUT2D eigenvalue weighted by molar-refractivity contribution is 0.432. The normalized spacial score (nSPS) is 11.6. The predicted molar refractivity (Wildman–Crippen MR) is 246 cm³/mol. The van der Waals surface area contributed by atoms with Gasteiger partial charge in [-0.15, -0.1) is 0 Å². The van der Waals surface area contributed by atoms with E-state index in [0.717, 1.165) is 16.7 Å². The zero-order valence-corrected chi connectivity index (χ0v) is 34.4. The Morgan fingerprint density at radius 2 is 0.470 bits per heavy atom. The van der Waals surface area contributed by atoms with E-state index in [-0.39, 0.29) is 17.2 Å². The maximum absolute atomic E-state index is 9.55. The molecule has 0 aliphatic heterocycles. The number of hydrogen-bond acceptors (Lipinski definition) is 15. The highest BCUT2D eigenvalue weighted by molar-refractivity contribution is 5.80. The van der Waals surface area contributed by atoms with Crippen molar-refractivity contribution in [1.29, 1.82) is 0 Å². The van der Waals surface area contributed by atoms with Crippen molar-refractivity contribution < 1.29 is 28.9 Å². The number of rotatable bonds is 12. The summed E-state index contributed by atoms with van der Waals surface area (Å²) in [6.45, 7) is 0. The van der Waals surface area contributed by atoms with Gasteiger partial charge in [-0.3, -0.25) is 0 Å². The lowest BCUT2D eigenvalue weighted by atomic mass is 9.99. The molecule has 3 N–H and O–H groups in total. The van der Waals surface area contributed by atoms with Gasteiger partial charge in [0.1, 0.15) is 34.3 Å². The number of hydrogen-bond donors (Lipinski definition) is 3. The minimum absolute atomic E-state index is 0.158. The molecule has 66 heavy (non-hydrogen) atoms. The third kappa shape index (κ3) is 9.40. The van der Waals surface area contributed by atoms with Gasteiger partial charge >= 0.3 is 0 Å². The summed E-state index contributed by atoms with van der Waals surface area (Å²) in [7, 11) is 0. The Bertz CT molecular complexity index is 2990. The van der Waals surface area contributed by atoms with Gasteiger partial charge in [0.15, 0.2) is 17.3 Å². The SMILES string of the molecule is Oc1ccc(N=Nc2ccc(-c3cc(-c4cc(-c5cc(-c6ccc(N=Nc7ccc(O)cc7)cc6)no5)cc(-c5cc(-c6ccc(N=Nc7ccc(O)cc7)cc6)no5)c4)on3)cc2)cc1. The van der Waals surface area contributed by atoms with Crippen molar-refractivity contribution in [2.24, 2.45) is 30.7 Å². The van der Waals surface area contributed by atoms with Crippen LogP contribution in [-0.2, 0) is 0 Å². The lowest BCUT2D eigenvalue weighted by Gasteiger charge is -2.04. The molecule has 318 valence electrons. The predicted octanol–water partition coefficient (Wildman–Crippen LogP) is 15.0. The van der Waals surface area contributed by atoms with Crippen LogP contribution in [0.4, 0.5) is 34.1 Å². The number of azo groups is 3. The summed E-state index contributed by atoms with van der Waals surface area (Å²) in [4.78, 5) is 0. The second-order valence-corrected chi connectivity index (χ2v) is 14.8. The molecule has 0 atom stereocenters. The Morgan fingerprint density at radius 1 is 0.258 bits per heavy atom. The van der Waals surface area contributed by atoms with Crippen molar-refractivity contribution in [3.63, 3.8) is 0 Å². The molecule has 10 rings (SSSR count). The molecule has 3 aromatic heterocycles. The van der Waals surface area contributed by atoms with E-state index in [1.165, 1.54) is 0 Å². The van der Waals surface area contributed by atoms with E-state index in [1.54, 1.807) is 72.8 Å². The molecule has 0 saturated carbocycles. The molecular weight excluding hydrogens is 835 g/mol. The number of benzene rings is 7. The van der Waals surface area contributed by atoms with Crippen LogP contribution in [0.25, 0.3) is 67.7 Å². The van der Waals surface area contributed by atoms with Crippen molar-refractivity contribution in [2.45, 2.75) is 0 Å². The number of phenols is 3. The van der Waals surface area contributed by atoms with Crippen LogP contribution in [0, 0.1) is 0 Å². The van der Waals surface area contributed by atoms with Gasteiger partial charge in [-0.1, -0.05) is 51.9 Å². The zero-order chi connectivity index (χ0) is 44.8. The number of nitrogens with zero attached hydrogens (tertiary/aromatic N) is 9. The minimum atomic E-state index is 0.158. The Balaban J connectivity index is 0.930. The molecule has 7 aromatic carbocycles. The number of phenolic OH excluding ortho intramolecular Hbond substituents is 3. The first-order valence-corrected chi connectivity index (χ1v) is 20.3. The molecule has 10 aromatic rings. The summed E-state index contributed by atoms with van der Waals surface area (Å²) >= 11 is 0. The highest BCUT2D eigenvalue weighted by Crippen LogP contribution is 2.38. The third-order valence-corrected chi connectivity index (χ3v) is 10.2. The van der Waals surface area contributed by atoms with Gasteiger partial charge in [0, 0.05) is 51.6 Å². The van der Waals surface area contributed by atoms with Crippen LogP contribution in [0.5, 0.6) is 17.2 Å². The van der Waals surface area contributed by atoms with Crippen molar-refractivity contribution in [1.82, 2.24) is 15.5 Å². The standard InChI is InChI=1S/C51H33N9O6/c61-43-19-13-40(14-20-43)55-52-37-7-1-31(2-8-37)46-28-49(64-58-46)34-25-35(50-29-47(59-65-50)32-3-9-38(10-4-32)53-56-41-15-21-44(62)22-16-41)27-36(26-34)51-30-48(60-66-51)33-5-11-39(12-6-33)54-57-42-17-23-45(63)24-18-42/h1-30,61-63H. The smallest absolute Gasteiger partial charge is 0.167 e. The molecule has 0 fully saturated rings. The summed E-state index contributed by atoms with van der Waals surface area (Å²) in [5, 5.41) is 67.5.